The largest absolute Gasteiger partial charge is 0.397 e. The first-order chi connectivity index (χ1) is 9.13. The first-order valence-corrected chi connectivity index (χ1v) is 6.91. The van der Waals surface area contributed by atoms with Gasteiger partial charge in [0.2, 0.25) is 5.89 Å². The van der Waals surface area contributed by atoms with Gasteiger partial charge in [-0.05, 0) is 25.8 Å². The summed E-state index contributed by atoms with van der Waals surface area (Å²) in [5.41, 5.74) is 6.43. The smallest absolute Gasteiger partial charge is 0.245 e. The van der Waals surface area contributed by atoms with Gasteiger partial charge in [-0.3, -0.25) is 4.79 Å². The van der Waals surface area contributed by atoms with Gasteiger partial charge < -0.3 is 15.6 Å². The first kappa shape index (κ1) is 12.2. The van der Waals surface area contributed by atoms with E-state index in [0.717, 1.165) is 17.8 Å². The average molecular weight is 278 g/mol. The summed E-state index contributed by atoms with van der Waals surface area (Å²) in [5.74, 6) is 1.48. The van der Waals surface area contributed by atoms with Crippen LogP contribution in [0, 0.1) is 12.8 Å². The molecule has 7 heteroatoms. The van der Waals surface area contributed by atoms with E-state index in [2.05, 4.69) is 15.5 Å². The SMILES string of the molecule is Cc1noc(CNc2cc(N)c(C(=O)C3CC3)s2)n1. The van der Waals surface area contributed by atoms with Crippen LogP contribution in [0.15, 0.2) is 10.6 Å². The molecule has 1 aliphatic rings. The predicted molar refractivity (Wildman–Crippen MR) is 72.1 cm³/mol. The van der Waals surface area contributed by atoms with Gasteiger partial charge in [0.25, 0.3) is 0 Å². The van der Waals surface area contributed by atoms with Gasteiger partial charge in [0.05, 0.1) is 22.1 Å². The molecule has 2 aromatic heterocycles. The number of aryl methyl sites for hydroxylation is 1. The van der Waals surface area contributed by atoms with Crippen molar-refractivity contribution in [3.05, 3.63) is 22.7 Å². The maximum absolute atomic E-state index is 12.0. The molecule has 1 fully saturated rings. The van der Waals surface area contributed by atoms with Crippen LogP contribution in [-0.2, 0) is 6.54 Å². The number of thiophene rings is 1. The van der Waals surface area contributed by atoms with Gasteiger partial charge in [-0.2, -0.15) is 4.98 Å². The molecule has 0 aromatic carbocycles. The van der Waals surface area contributed by atoms with Crippen molar-refractivity contribution in [3.63, 3.8) is 0 Å². The Kier molecular flexibility index (Phi) is 2.98. The predicted octanol–water partition coefficient (Wildman–Crippen LogP) is 2.23. The Balaban J connectivity index is 1.68. The maximum atomic E-state index is 12.0. The Labute approximate surface area is 114 Å². The Bertz CT molecular complexity index is 615. The lowest BCUT2D eigenvalue weighted by Gasteiger charge is -1.97. The number of ketones is 1. The van der Waals surface area contributed by atoms with Crippen molar-refractivity contribution in [3.8, 4) is 0 Å². The minimum atomic E-state index is 0.171. The van der Waals surface area contributed by atoms with E-state index in [1.54, 1.807) is 13.0 Å². The molecule has 0 amide bonds. The van der Waals surface area contributed by atoms with Crippen molar-refractivity contribution in [2.24, 2.45) is 5.92 Å². The van der Waals surface area contributed by atoms with Crippen LogP contribution < -0.4 is 11.1 Å². The van der Waals surface area contributed by atoms with Gasteiger partial charge >= 0.3 is 0 Å². The zero-order valence-corrected chi connectivity index (χ0v) is 11.3. The number of nitrogens with two attached hydrogens (primary N) is 1. The number of rotatable bonds is 5. The zero-order valence-electron chi connectivity index (χ0n) is 10.5. The second kappa shape index (κ2) is 4.65. The van der Waals surface area contributed by atoms with E-state index >= 15 is 0 Å². The first-order valence-electron chi connectivity index (χ1n) is 6.10. The van der Waals surface area contributed by atoms with E-state index in [-0.39, 0.29) is 11.7 Å². The molecule has 19 heavy (non-hydrogen) atoms. The Hall–Kier alpha value is -1.89. The van der Waals surface area contributed by atoms with E-state index in [9.17, 15) is 4.79 Å². The summed E-state index contributed by atoms with van der Waals surface area (Å²) in [4.78, 5) is 16.7. The van der Waals surface area contributed by atoms with Crippen molar-refractivity contribution >= 4 is 27.8 Å². The molecule has 1 aliphatic carbocycles. The lowest BCUT2D eigenvalue weighted by atomic mass is 10.2. The van der Waals surface area contributed by atoms with Crippen LogP contribution in [0.4, 0.5) is 10.7 Å². The van der Waals surface area contributed by atoms with Crippen LogP contribution >= 0.6 is 11.3 Å². The third-order valence-electron chi connectivity index (χ3n) is 2.92. The van der Waals surface area contributed by atoms with Crippen LogP contribution in [0.5, 0.6) is 0 Å². The molecule has 0 aliphatic heterocycles. The molecule has 0 atom stereocenters. The highest BCUT2D eigenvalue weighted by atomic mass is 32.1. The number of carbonyl (C=O) groups is 1. The second-order valence-corrected chi connectivity index (χ2v) is 5.67. The van der Waals surface area contributed by atoms with Crippen LogP contribution in [0.1, 0.15) is 34.2 Å². The molecule has 6 nitrogen and oxygen atoms in total. The third kappa shape index (κ3) is 2.60. The van der Waals surface area contributed by atoms with Crippen molar-refractivity contribution in [1.29, 1.82) is 0 Å². The number of nitrogens with zero attached hydrogens (tertiary/aromatic N) is 2. The number of anilines is 2. The summed E-state index contributed by atoms with van der Waals surface area (Å²) < 4.78 is 5.00. The summed E-state index contributed by atoms with van der Waals surface area (Å²) >= 11 is 1.39. The number of carbonyl (C=O) groups excluding carboxylic acids is 1. The molecule has 100 valence electrons. The van der Waals surface area contributed by atoms with Crippen LogP contribution in [-0.4, -0.2) is 15.9 Å². The highest BCUT2D eigenvalue weighted by molar-refractivity contribution is 7.18. The minimum Gasteiger partial charge on any atom is -0.397 e. The topological polar surface area (TPSA) is 94.0 Å². The van der Waals surface area contributed by atoms with Gasteiger partial charge in [-0.25, -0.2) is 0 Å². The van der Waals surface area contributed by atoms with Gasteiger partial charge in [0.15, 0.2) is 11.6 Å². The number of aromatic nitrogens is 2. The van der Waals surface area contributed by atoms with Crippen molar-refractivity contribution in [1.82, 2.24) is 10.1 Å². The van der Waals surface area contributed by atoms with Gasteiger partial charge in [-0.1, -0.05) is 5.16 Å². The fourth-order valence-electron chi connectivity index (χ4n) is 1.79. The number of hydrogen-bond acceptors (Lipinski definition) is 7. The van der Waals surface area contributed by atoms with E-state index in [1.807, 2.05) is 0 Å². The molecule has 1 saturated carbocycles. The average Bonchev–Trinajstić information content (AvgIpc) is 3.05. The fourth-order valence-corrected chi connectivity index (χ4v) is 2.78. The normalized spacial score (nSPS) is 14.6. The fraction of sp³-hybridized carbons (Fsp3) is 0.417. The van der Waals surface area contributed by atoms with Crippen LogP contribution in [0.3, 0.4) is 0 Å². The summed E-state index contributed by atoms with van der Waals surface area (Å²) in [5, 5.41) is 7.69. The number of nitrogens with one attached hydrogen (secondary N) is 1. The molecule has 0 bridgehead atoms. The lowest BCUT2D eigenvalue weighted by molar-refractivity contribution is 0.0972. The van der Waals surface area contributed by atoms with E-state index in [4.69, 9.17) is 10.3 Å². The Morgan fingerprint density at radius 3 is 3.05 bits per heavy atom. The van der Waals surface area contributed by atoms with Gasteiger partial charge in [-0.15, -0.1) is 11.3 Å². The van der Waals surface area contributed by atoms with Crippen LogP contribution in [0.2, 0.25) is 0 Å². The maximum Gasteiger partial charge on any atom is 0.245 e. The molecule has 0 radical (unpaired) electrons. The Morgan fingerprint density at radius 1 is 1.63 bits per heavy atom. The van der Waals surface area contributed by atoms with Crippen molar-refractivity contribution < 1.29 is 9.32 Å². The quantitative estimate of drug-likeness (QED) is 0.814. The zero-order chi connectivity index (χ0) is 13.4. The summed E-state index contributed by atoms with van der Waals surface area (Å²) in [6.45, 7) is 2.19. The summed E-state index contributed by atoms with van der Waals surface area (Å²) in [6.07, 6.45) is 1.97. The number of nitrogen functional groups attached to an aromatic ring is 1. The molecule has 3 N–H and O–H groups in total. The van der Waals surface area contributed by atoms with Crippen molar-refractivity contribution in [2.75, 3.05) is 11.1 Å². The standard InChI is InChI=1S/C12H14N4O2S/c1-6-15-9(18-16-6)5-14-10-4-8(13)12(19-10)11(17)7-2-3-7/h4,7,14H,2-3,5,13H2,1H3. The molecular weight excluding hydrogens is 264 g/mol. The third-order valence-corrected chi connectivity index (χ3v) is 4.04. The van der Waals surface area contributed by atoms with E-state index in [1.165, 1.54) is 11.3 Å². The second-order valence-electron chi connectivity index (χ2n) is 4.62. The molecule has 2 heterocycles. The van der Waals surface area contributed by atoms with E-state index < -0.39 is 0 Å². The Morgan fingerprint density at radius 2 is 2.42 bits per heavy atom. The molecule has 0 spiro atoms. The summed E-state index contributed by atoms with van der Waals surface area (Å²) in [7, 11) is 0. The van der Waals surface area contributed by atoms with Gasteiger partial charge in [0.1, 0.15) is 0 Å². The lowest BCUT2D eigenvalue weighted by Crippen LogP contribution is -2.01. The summed E-state index contributed by atoms with van der Waals surface area (Å²) in [6, 6.07) is 1.78. The molecule has 3 rings (SSSR count). The van der Waals surface area contributed by atoms with Gasteiger partial charge in [0, 0.05) is 5.92 Å². The number of Topliss-reactive ketones (excluding diaryl/α,β-unsaturated/α-hetero) is 1. The molecule has 0 unspecified atom stereocenters. The number of hydrogen-bond donors (Lipinski definition) is 2. The minimum absolute atomic E-state index is 0.171. The highest BCUT2D eigenvalue weighted by Gasteiger charge is 2.32. The van der Waals surface area contributed by atoms with E-state index in [0.29, 0.717) is 28.8 Å². The monoisotopic (exact) mass is 278 g/mol. The molecular formula is C12H14N4O2S. The van der Waals surface area contributed by atoms with Crippen molar-refractivity contribution in [2.45, 2.75) is 26.3 Å². The highest BCUT2D eigenvalue weighted by Crippen LogP contribution is 2.38. The molecule has 2 aromatic rings. The van der Waals surface area contributed by atoms with Crippen LogP contribution in [0.25, 0.3) is 0 Å². The molecule has 0 saturated heterocycles.